The van der Waals surface area contributed by atoms with Crippen LogP contribution in [0.1, 0.15) is 17.2 Å². The lowest BCUT2D eigenvalue weighted by Crippen LogP contribution is -2.01. The second kappa shape index (κ2) is 4.86. The molecule has 0 aliphatic rings. The Bertz CT molecular complexity index is 685. The summed E-state index contributed by atoms with van der Waals surface area (Å²) in [5.74, 6) is -0.271. The van der Waals surface area contributed by atoms with Crippen molar-refractivity contribution in [3.8, 4) is 0 Å². The first-order chi connectivity index (χ1) is 9.24. The van der Waals surface area contributed by atoms with Crippen molar-refractivity contribution in [2.24, 2.45) is 0 Å². The van der Waals surface area contributed by atoms with Gasteiger partial charge < -0.3 is 9.52 Å². The monoisotopic (exact) mass is 256 g/mol. The second-order valence-electron chi connectivity index (χ2n) is 4.53. The Morgan fingerprint density at radius 3 is 2.58 bits per heavy atom. The summed E-state index contributed by atoms with van der Waals surface area (Å²) in [7, 11) is 0. The average molecular weight is 256 g/mol. The van der Waals surface area contributed by atoms with Gasteiger partial charge in [0.1, 0.15) is 11.4 Å². The van der Waals surface area contributed by atoms with Crippen LogP contribution in [0.4, 0.5) is 4.39 Å². The maximum Gasteiger partial charge on any atom is 0.134 e. The lowest BCUT2D eigenvalue weighted by atomic mass is 10.0. The van der Waals surface area contributed by atoms with E-state index in [2.05, 4.69) is 0 Å². The minimum Gasteiger partial charge on any atom is -0.464 e. The molecule has 3 aromatic rings. The van der Waals surface area contributed by atoms with Crippen LogP contribution in [-0.4, -0.2) is 5.11 Å². The van der Waals surface area contributed by atoms with E-state index in [1.54, 1.807) is 18.4 Å². The van der Waals surface area contributed by atoms with E-state index >= 15 is 0 Å². The molecule has 2 nitrogen and oxygen atoms in total. The van der Waals surface area contributed by atoms with Crippen molar-refractivity contribution in [3.63, 3.8) is 0 Å². The van der Waals surface area contributed by atoms with Crippen LogP contribution in [0.5, 0.6) is 0 Å². The van der Waals surface area contributed by atoms with E-state index < -0.39 is 6.10 Å². The predicted molar refractivity (Wildman–Crippen MR) is 71.3 cm³/mol. The zero-order valence-corrected chi connectivity index (χ0v) is 10.2. The summed E-state index contributed by atoms with van der Waals surface area (Å²) in [5, 5.41) is 11.2. The van der Waals surface area contributed by atoms with Crippen LogP contribution in [0.15, 0.2) is 59.2 Å². The third-order valence-corrected chi connectivity index (χ3v) is 3.21. The number of halogens is 1. The Balaban J connectivity index is 1.87. The van der Waals surface area contributed by atoms with E-state index in [-0.39, 0.29) is 5.82 Å². The van der Waals surface area contributed by atoms with Gasteiger partial charge in [-0.25, -0.2) is 4.39 Å². The largest absolute Gasteiger partial charge is 0.464 e. The molecule has 0 aliphatic carbocycles. The van der Waals surface area contributed by atoms with Crippen LogP contribution in [0.2, 0.25) is 0 Å². The Morgan fingerprint density at radius 1 is 1.05 bits per heavy atom. The number of aliphatic hydroxyl groups excluding tert-OH is 1. The van der Waals surface area contributed by atoms with Crippen LogP contribution in [0.3, 0.4) is 0 Å². The second-order valence-corrected chi connectivity index (χ2v) is 4.53. The summed E-state index contributed by atoms with van der Waals surface area (Å²) < 4.78 is 18.2. The standard InChI is InChI=1S/C16H13FO2/c17-12-7-5-11(6-8-12)9-15(18)14-10-19-16-4-2-1-3-13(14)16/h1-8,10,15,18H,9H2. The lowest BCUT2D eigenvalue weighted by Gasteiger charge is -2.09. The molecule has 0 fully saturated rings. The fourth-order valence-electron chi connectivity index (χ4n) is 2.21. The van der Waals surface area contributed by atoms with Gasteiger partial charge in [0.25, 0.3) is 0 Å². The van der Waals surface area contributed by atoms with Gasteiger partial charge in [-0.15, -0.1) is 0 Å². The summed E-state index contributed by atoms with van der Waals surface area (Å²) >= 11 is 0. The minimum atomic E-state index is -0.658. The number of para-hydroxylation sites is 1. The van der Waals surface area contributed by atoms with Crippen LogP contribution < -0.4 is 0 Å². The van der Waals surface area contributed by atoms with Gasteiger partial charge in [-0.05, 0) is 23.8 Å². The van der Waals surface area contributed by atoms with Crippen molar-refractivity contribution in [2.45, 2.75) is 12.5 Å². The Morgan fingerprint density at radius 2 is 1.79 bits per heavy atom. The van der Waals surface area contributed by atoms with Gasteiger partial charge in [0.15, 0.2) is 0 Å². The number of fused-ring (bicyclic) bond motifs is 1. The molecule has 1 aromatic heterocycles. The Hall–Kier alpha value is -2.13. The molecule has 0 spiro atoms. The van der Waals surface area contributed by atoms with Crippen molar-refractivity contribution in [1.82, 2.24) is 0 Å². The Kier molecular flexibility index (Phi) is 3.05. The number of rotatable bonds is 3. The molecule has 0 aliphatic heterocycles. The van der Waals surface area contributed by atoms with Crippen LogP contribution in [0.25, 0.3) is 11.0 Å². The smallest absolute Gasteiger partial charge is 0.134 e. The molecular formula is C16H13FO2. The van der Waals surface area contributed by atoms with Gasteiger partial charge in [0.2, 0.25) is 0 Å². The minimum absolute atomic E-state index is 0.271. The molecular weight excluding hydrogens is 243 g/mol. The van der Waals surface area contributed by atoms with Crippen LogP contribution in [-0.2, 0) is 6.42 Å². The summed E-state index contributed by atoms with van der Waals surface area (Å²) in [6, 6.07) is 13.7. The van der Waals surface area contributed by atoms with E-state index in [9.17, 15) is 9.50 Å². The maximum atomic E-state index is 12.8. The molecule has 19 heavy (non-hydrogen) atoms. The molecule has 3 heteroatoms. The van der Waals surface area contributed by atoms with Crippen molar-refractivity contribution in [2.75, 3.05) is 0 Å². The maximum absolute atomic E-state index is 12.8. The zero-order chi connectivity index (χ0) is 13.2. The highest BCUT2D eigenvalue weighted by Crippen LogP contribution is 2.28. The van der Waals surface area contributed by atoms with Crippen molar-refractivity contribution in [1.29, 1.82) is 0 Å². The molecule has 2 aromatic carbocycles. The number of benzene rings is 2. The number of aliphatic hydroxyl groups is 1. The first-order valence-electron chi connectivity index (χ1n) is 6.12. The number of hydrogen-bond donors (Lipinski definition) is 1. The number of furan rings is 1. The summed E-state index contributed by atoms with van der Waals surface area (Å²) in [6.45, 7) is 0. The normalized spacial score (nSPS) is 12.7. The van der Waals surface area contributed by atoms with Crippen molar-refractivity contribution >= 4 is 11.0 Å². The topological polar surface area (TPSA) is 33.4 Å². The quantitative estimate of drug-likeness (QED) is 0.772. The van der Waals surface area contributed by atoms with Gasteiger partial charge in [-0.2, -0.15) is 0 Å². The first kappa shape index (κ1) is 11.9. The predicted octanol–water partition coefficient (Wildman–Crippen LogP) is 3.85. The van der Waals surface area contributed by atoms with Gasteiger partial charge in [-0.1, -0.05) is 30.3 Å². The highest BCUT2D eigenvalue weighted by Gasteiger charge is 2.14. The van der Waals surface area contributed by atoms with Crippen molar-refractivity contribution < 1.29 is 13.9 Å². The molecule has 1 atom stereocenters. The third kappa shape index (κ3) is 2.37. The molecule has 1 heterocycles. The number of hydrogen-bond acceptors (Lipinski definition) is 2. The van der Waals surface area contributed by atoms with E-state index in [1.807, 2.05) is 24.3 Å². The molecule has 0 bridgehead atoms. The SMILES string of the molecule is OC(Cc1ccc(F)cc1)c1coc2ccccc12. The van der Waals surface area contributed by atoms with E-state index in [0.717, 1.165) is 22.1 Å². The van der Waals surface area contributed by atoms with E-state index in [1.165, 1.54) is 12.1 Å². The molecule has 1 unspecified atom stereocenters. The fraction of sp³-hybridized carbons (Fsp3) is 0.125. The summed E-state index contributed by atoms with van der Waals surface area (Å²) in [6.07, 6.45) is 1.36. The molecule has 0 saturated heterocycles. The highest BCUT2D eigenvalue weighted by atomic mass is 19.1. The van der Waals surface area contributed by atoms with E-state index in [0.29, 0.717) is 6.42 Å². The van der Waals surface area contributed by atoms with Gasteiger partial charge >= 0.3 is 0 Å². The van der Waals surface area contributed by atoms with E-state index in [4.69, 9.17) is 4.42 Å². The molecule has 96 valence electrons. The van der Waals surface area contributed by atoms with Crippen LogP contribution >= 0.6 is 0 Å². The molecule has 0 amide bonds. The summed E-state index contributed by atoms with van der Waals surface area (Å²) in [4.78, 5) is 0. The molecule has 1 N–H and O–H groups in total. The zero-order valence-electron chi connectivity index (χ0n) is 10.2. The third-order valence-electron chi connectivity index (χ3n) is 3.21. The highest BCUT2D eigenvalue weighted by molar-refractivity contribution is 5.81. The lowest BCUT2D eigenvalue weighted by molar-refractivity contribution is 0.179. The van der Waals surface area contributed by atoms with Crippen molar-refractivity contribution in [3.05, 3.63) is 71.7 Å². The van der Waals surface area contributed by atoms with Gasteiger partial charge in [0.05, 0.1) is 12.4 Å². The Labute approximate surface area is 110 Å². The molecule has 0 saturated carbocycles. The molecule has 0 radical (unpaired) electrons. The summed E-state index contributed by atoms with van der Waals surface area (Å²) in [5.41, 5.74) is 2.41. The van der Waals surface area contributed by atoms with Gasteiger partial charge in [0, 0.05) is 17.4 Å². The first-order valence-corrected chi connectivity index (χ1v) is 6.12. The average Bonchev–Trinajstić information content (AvgIpc) is 2.85. The fourth-order valence-corrected chi connectivity index (χ4v) is 2.21. The molecule has 3 rings (SSSR count). The van der Waals surface area contributed by atoms with Gasteiger partial charge in [-0.3, -0.25) is 0 Å². The van der Waals surface area contributed by atoms with Crippen LogP contribution in [0, 0.1) is 5.82 Å².